The van der Waals surface area contributed by atoms with Crippen LogP contribution in [0.2, 0.25) is 0 Å². The predicted molar refractivity (Wildman–Crippen MR) is 87.4 cm³/mol. The van der Waals surface area contributed by atoms with E-state index in [-0.39, 0.29) is 6.10 Å². The van der Waals surface area contributed by atoms with Gasteiger partial charge in [0.15, 0.2) is 0 Å². The van der Waals surface area contributed by atoms with Crippen LogP contribution in [0.3, 0.4) is 0 Å². The third-order valence-corrected chi connectivity index (χ3v) is 3.26. The summed E-state index contributed by atoms with van der Waals surface area (Å²) in [6.07, 6.45) is 0.0763. The number of nitrogen functional groups attached to an aromatic ring is 1. The fourth-order valence-corrected chi connectivity index (χ4v) is 2.25. The van der Waals surface area contributed by atoms with E-state index < -0.39 is 0 Å². The molecular formula is C16H18BrNO3. The van der Waals surface area contributed by atoms with Gasteiger partial charge in [-0.25, -0.2) is 0 Å². The molecule has 2 aromatic rings. The molecule has 0 saturated carbocycles. The number of hydrogen-bond donors (Lipinski definition) is 1. The number of nitrogens with two attached hydrogens (primary N) is 1. The lowest BCUT2D eigenvalue weighted by Crippen LogP contribution is -2.05. The number of halogens is 1. The molecular weight excluding hydrogens is 334 g/mol. The Morgan fingerprint density at radius 1 is 1.00 bits per heavy atom. The largest absolute Gasteiger partial charge is 0.497 e. The van der Waals surface area contributed by atoms with Gasteiger partial charge in [0.1, 0.15) is 23.0 Å². The maximum Gasteiger partial charge on any atom is 0.141 e. The molecule has 112 valence electrons. The Morgan fingerprint density at radius 2 is 1.71 bits per heavy atom. The van der Waals surface area contributed by atoms with E-state index in [4.69, 9.17) is 19.9 Å². The van der Waals surface area contributed by atoms with Gasteiger partial charge in [0.25, 0.3) is 0 Å². The Kier molecular flexibility index (Phi) is 4.96. The highest BCUT2D eigenvalue weighted by atomic mass is 79.9. The maximum atomic E-state index is 5.88. The van der Waals surface area contributed by atoms with E-state index in [1.807, 2.05) is 38.1 Å². The molecule has 0 aromatic heterocycles. The normalized spacial score (nSPS) is 10.5. The fourth-order valence-electron chi connectivity index (χ4n) is 1.81. The molecule has 0 unspecified atom stereocenters. The van der Waals surface area contributed by atoms with Crippen molar-refractivity contribution in [3.63, 3.8) is 0 Å². The van der Waals surface area contributed by atoms with Crippen molar-refractivity contribution in [2.45, 2.75) is 20.0 Å². The molecule has 0 aliphatic carbocycles. The molecule has 0 aliphatic rings. The Hall–Kier alpha value is -1.88. The van der Waals surface area contributed by atoms with Crippen LogP contribution in [0, 0.1) is 0 Å². The van der Waals surface area contributed by atoms with Gasteiger partial charge in [0.05, 0.1) is 17.7 Å². The molecule has 0 spiro atoms. The minimum absolute atomic E-state index is 0.0763. The number of anilines is 1. The molecule has 5 heteroatoms. The van der Waals surface area contributed by atoms with Crippen LogP contribution in [-0.4, -0.2) is 13.2 Å². The average molecular weight is 352 g/mol. The predicted octanol–water partition coefficient (Wildman–Crippen LogP) is 4.62. The lowest BCUT2D eigenvalue weighted by atomic mass is 10.2. The molecule has 0 atom stereocenters. The van der Waals surface area contributed by atoms with Crippen molar-refractivity contribution < 1.29 is 14.2 Å². The van der Waals surface area contributed by atoms with Crippen molar-refractivity contribution in [1.82, 2.24) is 0 Å². The van der Waals surface area contributed by atoms with E-state index in [1.165, 1.54) is 0 Å². The Balaban J connectivity index is 2.24. The van der Waals surface area contributed by atoms with Crippen molar-refractivity contribution in [2.24, 2.45) is 0 Å². The van der Waals surface area contributed by atoms with Gasteiger partial charge in [-0.1, -0.05) is 0 Å². The standard InChI is InChI=1S/C16H18BrNO3/c1-10(2)20-13-6-11(18)7-14(8-13)21-16-5-4-12(19-3)9-15(16)17/h4-10H,18H2,1-3H3. The van der Waals surface area contributed by atoms with Crippen molar-refractivity contribution in [3.8, 4) is 23.0 Å². The smallest absolute Gasteiger partial charge is 0.141 e. The van der Waals surface area contributed by atoms with Crippen LogP contribution in [0.4, 0.5) is 5.69 Å². The average Bonchev–Trinajstić information content (AvgIpc) is 2.39. The minimum atomic E-state index is 0.0763. The summed E-state index contributed by atoms with van der Waals surface area (Å²) in [7, 11) is 1.62. The van der Waals surface area contributed by atoms with Gasteiger partial charge in [-0.05, 0) is 48.0 Å². The Morgan fingerprint density at radius 3 is 2.33 bits per heavy atom. The molecule has 0 heterocycles. The van der Waals surface area contributed by atoms with Gasteiger partial charge < -0.3 is 19.9 Å². The number of hydrogen-bond acceptors (Lipinski definition) is 4. The van der Waals surface area contributed by atoms with Crippen molar-refractivity contribution in [2.75, 3.05) is 12.8 Å². The summed E-state index contributed by atoms with van der Waals surface area (Å²) >= 11 is 3.46. The third kappa shape index (κ3) is 4.29. The zero-order valence-corrected chi connectivity index (χ0v) is 13.8. The van der Waals surface area contributed by atoms with Gasteiger partial charge in [-0.2, -0.15) is 0 Å². The van der Waals surface area contributed by atoms with Gasteiger partial charge in [-0.15, -0.1) is 0 Å². The number of ether oxygens (including phenoxy) is 3. The Labute approximate surface area is 132 Å². The van der Waals surface area contributed by atoms with Crippen LogP contribution in [0.15, 0.2) is 40.9 Å². The van der Waals surface area contributed by atoms with Crippen LogP contribution < -0.4 is 19.9 Å². The first kappa shape index (κ1) is 15.5. The van der Waals surface area contributed by atoms with Crippen LogP contribution in [0.5, 0.6) is 23.0 Å². The van der Waals surface area contributed by atoms with Crippen LogP contribution >= 0.6 is 15.9 Å². The second-order valence-corrected chi connectivity index (χ2v) is 5.66. The number of rotatable bonds is 5. The summed E-state index contributed by atoms with van der Waals surface area (Å²) < 4.78 is 17.5. The molecule has 2 N–H and O–H groups in total. The summed E-state index contributed by atoms with van der Waals surface area (Å²) in [4.78, 5) is 0. The van der Waals surface area contributed by atoms with Gasteiger partial charge in [-0.3, -0.25) is 0 Å². The number of benzene rings is 2. The first-order chi connectivity index (χ1) is 9.97. The molecule has 2 rings (SSSR count). The molecule has 21 heavy (non-hydrogen) atoms. The SMILES string of the molecule is COc1ccc(Oc2cc(N)cc(OC(C)C)c2)c(Br)c1. The number of methoxy groups -OCH3 is 1. The summed E-state index contributed by atoms with van der Waals surface area (Å²) in [5.74, 6) is 2.74. The van der Waals surface area contributed by atoms with Gasteiger partial charge in [0, 0.05) is 23.9 Å². The van der Waals surface area contributed by atoms with Crippen molar-refractivity contribution in [1.29, 1.82) is 0 Å². The highest BCUT2D eigenvalue weighted by molar-refractivity contribution is 9.10. The van der Waals surface area contributed by atoms with E-state index in [0.29, 0.717) is 22.9 Å². The molecule has 0 bridgehead atoms. The zero-order chi connectivity index (χ0) is 15.4. The fraction of sp³-hybridized carbons (Fsp3) is 0.250. The lowest BCUT2D eigenvalue weighted by Gasteiger charge is -2.13. The lowest BCUT2D eigenvalue weighted by molar-refractivity contribution is 0.242. The van der Waals surface area contributed by atoms with Crippen LogP contribution in [0.25, 0.3) is 0 Å². The van der Waals surface area contributed by atoms with E-state index >= 15 is 0 Å². The molecule has 2 aromatic carbocycles. The Bertz CT molecular complexity index is 629. The zero-order valence-electron chi connectivity index (χ0n) is 12.2. The quantitative estimate of drug-likeness (QED) is 0.798. The molecule has 4 nitrogen and oxygen atoms in total. The van der Waals surface area contributed by atoms with Crippen LogP contribution in [0.1, 0.15) is 13.8 Å². The highest BCUT2D eigenvalue weighted by Gasteiger charge is 2.08. The van der Waals surface area contributed by atoms with E-state index in [9.17, 15) is 0 Å². The second-order valence-electron chi connectivity index (χ2n) is 4.80. The molecule has 0 amide bonds. The van der Waals surface area contributed by atoms with Gasteiger partial charge in [0.2, 0.25) is 0 Å². The highest BCUT2D eigenvalue weighted by Crippen LogP contribution is 2.35. The first-order valence-electron chi connectivity index (χ1n) is 6.56. The maximum absolute atomic E-state index is 5.88. The van der Waals surface area contributed by atoms with Crippen LogP contribution in [-0.2, 0) is 0 Å². The van der Waals surface area contributed by atoms with E-state index in [1.54, 1.807) is 19.2 Å². The minimum Gasteiger partial charge on any atom is -0.497 e. The molecule has 0 saturated heterocycles. The summed E-state index contributed by atoms with van der Waals surface area (Å²) in [6.45, 7) is 3.92. The van der Waals surface area contributed by atoms with Crippen molar-refractivity contribution in [3.05, 3.63) is 40.9 Å². The van der Waals surface area contributed by atoms with Crippen molar-refractivity contribution >= 4 is 21.6 Å². The van der Waals surface area contributed by atoms with E-state index in [2.05, 4.69) is 15.9 Å². The van der Waals surface area contributed by atoms with Gasteiger partial charge >= 0.3 is 0 Å². The summed E-state index contributed by atoms with van der Waals surface area (Å²) in [5.41, 5.74) is 6.47. The molecule has 0 fully saturated rings. The summed E-state index contributed by atoms with van der Waals surface area (Å²) in [6, 6.07) is 10.8. The topological polar surface area (TPSA) is 53.7 Å². The summed E-state index contributed by atoms with van der Waals surface area (Å²) in [5, 5.41) is 0. The second kappa shape index (κ2) is 6.72. The molecule has 0 aliphatic heterocycles. The first-order valence-corrected chi connectivity index (χ1v) is 7.36. The monoisotopic (exact) mass is 351 g/mol. The van der Waals surface area contributed by atoms with E-state index in [0.717, 1.165) is 10.2 Å². The molecule has 0 radical (unpaired) electrons. The third-order valence-electron chi connectivity index (χ3n) is 2.64.